The number of nitrogens with zero attached hydrogens (tertiary/aromatic N) is 1. The summed E-state index contributed by atoms with van der Waals surface area (Å²) in [6, 6.07) is 18.1. The van der Waals surface area contributed by atoms with Crippen LogP contribution in [0.2, 0.25) is 5.02 Å². The standard InChI is InChI=1S/C16H13ClN2S/c17-14-8-6-13(7-9-14)15-10-18-16(19-15)20-11-12-4-2-1-3-5-12/h1-10H,11H2,(H,18,19). The Kier molecular flexibility index (Phi) is 4.09. The van der Waals surface area contributed by atoms with Crippen LogP contribution in [0.3, 0.4) is 0 Å². The lowest BCUT2D eigenvalue weighted by atomic mass is 10.2. The number of halogens is 1. The van der Waals surface area contributed by atoms with Gasteiger partial charge in [-0.05, 0) is 23.3 Å². The Morgan fingerprint density at radius 3 is 2.50 bits per heavy atom. The predicted octanol–water partition coefficient (Wildman–Crippen LogP) is 5.02. The summed E-state index contributed by atoms with van der Waals surface area (Å²) in [4.78, 5) is 7.73. The highest BCUT2D eigenvalue weighted by atomic mass is 35.5. The second-order valence-electron chi connectivity index (χ2n) is 4.38. The minimum absolute atomic E-state index is 0.743. The van der Waals surface area contributed by atoms with Crippen LogP contribution < -0.4 is 0 Å². The van der Waals surface area contributed by atoms with Crippen LogP contribution in [0.5, 0.6) is 0 Å². The fourth-order valence-corrected chi connectivity index (χ4v) is 2.81. The van der Waals surface area contributed by atoms with Crippen LogP contribution in [-0.2, 0) is 5.75 Å². The van der Waals surface area contributed by atoms with Crippen LogP contribution in [-0.4, -0.2) is 9.97 Å². The van der Waals surface area contributed by atoms with Crippen LogP contribution in [0.25, 0.3) is 11.3 Å². The van der Waals surface area contributed by atoms with E-state index < -0.39 is 0 Å². The molecule has 0 amide bonds. The summed E-state index contributed by atoms with van der Waals surface area (Å²) >= 11 is 7.59. The molecule has 0 aliphatic rings. The molecular weight excluding hydrogens is 288 g/mol. The van der Waals surface area contributed by atoms with Gasteiger partial charge in [0.1, 0.15) is 0 Å². The summed E-state index contributed by atoms with van der Waals surface area (Å²) < 4.78 is 0. The van der Waals surface area contributed by atoms with Crippen molar-refractivity contribution in [1.82, 2.24) is 9.97 Å². The lowest BCUT2D eigenvalue weighted by Gasteiger charge is -1.99. The molecule has 3 rings (SSSR count). The molecule has 1 heterocycles. The third-order valence-corrected chi connectivity index (χ3v) is 4.14. The van der Waals surface area contributed by atoms with Crippen molar-refractivity contribution in [3.63, 3.8) is 0 Å². The van der Waals surface area contributed by atoms with Crippen molar-refractivity contribution in [2.75, 3.05) is 0 Å². The molecule has 0 atom stereocenters. The normalized spacial score (nSPS) is 10.7. The number of imidazole rings is 1. The average molecular weight is 301 g/mol. The maximum atomic E-state index is 5.89. The molecule has 0 aliphatic carbocycles. The van der Waals surface area contributed by atoms with Crippen molar-refractivity contribution in [2.45, 2.75) is 10.9 Å². The van der Waals surface area contributed by atoms with E-state index in [0.717, 1.165) is 27.2 Å². The number of H-pyrrole nitrogens is 1. The lowest BCUT2D eigenvalue weighted by molar-refractivity contribution is 1.06. The van der Waals surface area contributed by atoms with Crippen molar-refractivity contribution < 1.29 is 0 Å². The summed E-state index contributed by atoms with van der Waals surface area (Å²) in [7, 11) is 0. The second-order valence-corrected chi connectivity index (χ2v) is 5.78. The third-order valence-electron chi connectivity index (χ3n) is 2.93. The molecule has 2 nitrogen and oxygen atoms in total. The van der Waals surface area contributed by atoms with Gasteiger partial charge in [-0.2, -0.15) is 0 Å². The first-order valence-electron chi connectivity index (χ1n) is 6.29. The van der Waals surface area contributed by atoms with Crippen molar-refractivity contribution in [1.29, 1.82) is 0 Å². The topological polar surface area (TPSA) is 28.7 Å². The molecule has 100 valence electrons. The molecule has 0 unspecified atom stereocenters. The minimum atomic E-state index is 0.743. The van der Waals surface area contributed by atoms with Gasteiger partial charge >= 0.3 is 0 Å². The average Bonchev–Trinajstić information content (AvgIpc) is 2.96. The quantitative estimate of drug-likeness (QED) is 0.685. The van der Waals surface area contributed by atoms with Crippen LogP contribution in [0.15, 0.2) is 66.0 Å². The second kappa shape index (κ2) is 6.16. The summed E-state index contributed by atoms with van der Waals surface area (Å²) in [6.07, 6.45) is 1.86. The molecule has 0 saturated heterocycles. The zero-order chi connectivity index (χ0) is 13.8. The Balaban J connectivity index is 1.69. The molecule has 0 fully saturated rings. The van der Waals surface area contributed by atoms with E-state index in [1.807, 2.05) is 36.5 Å². The van der Waals surface area contributed by atoms with E-state index in [9.17, 15) is 0 Å². The first-order chi connectivity index (χ1) is 9.81. The van der Waals surface area contributed by atoms with Crippen LogP contribution in [0, 0.1) is 0 Å². The summed E-state index contributed by atoms with van der Waals surface area (Å²) in [5.41, 5.74) is 3.40. The third kappa shape index (κ3) is 3.24. The molecule has 3 aromatic rings. The van der Waals surface area contributed by atoms with Crippen molar-refractivity contribution >= 4 is 23.4 Å². The molecule has 0 aliphatic heterocycles. The highest BCUT2D eigenvalue weighted by molar-refractivity contribution is 7.98. The number of aromatic nitrogens is 2. The molecule has 0 bridgehead atoms. The van der Waals surface area contributed by atoms with Gasteiger partial charge in [0.15, 0.2) is 5.16 Å². The first-order valence-corrected chi connectivity index (χ1v) is 7.65. The van der Waals surface area contributed by atoms with Gasteiger partial charge in [0, 0.05) is 10.8 Å². The van der Waals surface area contributed by atoms with E-state index >= 15 is 0 Å². The Morgan fingerprint density at radius 2 is 1.75 bits per heavy atom. The fraction of sp³-hybridized carbons (Fsp3) is 0.0625. The summed E-state index contributed by atoms with van der Waals surface area (Å²) in [6.45, 7) is 0. The van der Waals surface area contributed by atoms with Crippen LogP contribution in [0.4, 0.5) is 0 Å². The molecule has 0 spiro atoms. The molecular formula is C16H13ClN2S. The SMILES string of the molecule is Clc1ccc(-c2cnc(SCc3ccccc3)[nH]2)cc1. The van der Waals surface area contributed by atoms with Gasteiger partial charge in [-0.1, -0.05) is 65.8 Å². The number of benzene rings is 2. The molecule has 1 N–H and O–H groups in total. The summed E-state index contributed by atoms with van der Waals surface area (Å²) in [5.74, 6) is 0.911. The molecule has 1 aromatic heterocycles. The number of thioether (sulfide) groups is 1. The Morgan fingerprint density at radius 1 is 1.00 bits per heavy atom. The van der Waals surface area contributed by atoms with E-state index in [1.54, 1.807) is 11.8 Å². The molecule has 0 saturated carbocycles. The number of nitrogens with one attached hydrogen (secondary N) is 1. The van der Waals surface area contributed by atoms with Crippen molar-refractivity contribution in [2.24, 2.45) is 0 Å². The molecule has 20 heavy (non-hydrogen) atoms. The number of hydrogen-bond donors (Lipinski definition) is 1. The largest absolute Gasteiger partial charge is 0.333 e. The zero-order valence-corrected chi connectivity index (χ0v) is 12.3. The van der Waals surface area contributed by atoms with E-state index in [0.29, 0.717) is 0 Å². The smallest absolute Gasteiger partial charge is 0.166 e. The zero-order valence-electron chi connectivity index (χ0n) is 10.7. The minimum Gasteiger partial charge on any atom is -0.333 e. The monoisotopic (exact) mass is 300 g/mol. The van der Waals surface area contributed by atoms with Gasteiger partial charge in [0.2, 0.25) is 0 Å². The van der Waals surface area contributed by atoms with Gasteiger partial charge < -0.3 is 4.98 Å². The maximum Gasteiger partial charge on any atom is 0.166 e. The van der Waals surface area contributed by atoms with Crippen LogP contribution in [0.1, 0.15) is 5.56 Å². The first kappa shape index (κ1) is 13.3. The Hall–Kier alpha value is -1.71. The van der Waals surface area contributed by atoms with Gasteiger partial charge in [0.05, 0.1) is 11.9 Å². The Labute approximate surface area is 127 Å². The lowest BCUT2D eigenvalue weighted by Crippen LogP contribution is -1.81. The van der Waals surface area contributed by atoms with Crippen molar-refractivity contribution in [3.05, 3.63) is 71.4 Å². The summed E-state index contributed by atoms with van der Waals surface area (Å²) in [5, 5.41) is 1.67. The van der Waals surface area contributed by atoms with E-state index in [2.05, 4.69) is 34.2 Å². The number of rotatable bonds is 4. The van der Waals surface area contributed by atoms with Crippen molar-refractivity contribution in [3.8, 4) is 11.3 Å². The molecule has 0 radical (unpaired) electrons. The van der Waals surface area contributed by atoms with E-state index in [1.165, 1.54) is 5.56 Å². The fourth-order valence-electron chi connectivity index (χ4n) is 1.88. The predicted molar refractivity (Wildman–Crippen MR) is 85.0 cm³/mol. The maximum absolute atomic E-state index is 5.89. The molecule has 4 heteroatoms. The highest BCUT2D eigenvalue weighted by Gasteiger charge is 2.04. The van der Waals surface area contributed by atoms with Gasteiger partial charge in [-0.15, -0.1) is 0 Å². The number of aromatic amines is 1. The van der Waals surface area contributed by atoms with Gasteiger partial charge in [-0.25, -0.2) is 4.98 Å². The van der Waals surface area contributed by atoms with E-state index in [-0.39, 0.29) is 0 Å². The Bertz CT molecular complexity index is 677. The van der Waals surface area contributed by atoms with Gasteiger partial charge in [0.25, 0.3) is 0 Å². The molecule has 2 aromatic carbocycles. The highest BCUT2D eigenvalue weighted by Crippen LogP contribution is 2.24. The van der Waals surface area contributed by atoms with Crippen LogP contribution >= 0.6 is 23.4 Å². The van der Waals surface area contributed by atoms with Gasteiger partial charge in [-0.3, -0.25) is 0 Å². The number of hydrogen-bond acceptors (Lipinski definition) is 2. The van der Waals surface area contributed by atoms with E-state index in [4.69, 9.17) is 11.6 Å².